The fourth-order valence-electron chi connectivity index (χ4n) is 3.59. The number of ether oxygens (including phenoxy) is 1. The number of fused-ring (bicyclic) bond motifs is 4. The molecule has 4 heteroatoms. The lowest BCUT2D eigenvalue weighted by Gasteiger charge is -2.25. The zero-order valence-corrected chi connectivity index (χ0v) is 13.8. The fraction of sp³-hybridized carbons (Fsp3) is 0.0455. The predicted octanol–water partition coefficient (Wildman–Crippen LogP) is 4.87. The molecule has 1 aromatic heterocycles. The Morgan fingerprint density at radius 2 is 1.69 bits per heavy atom. The molecule has 126 valence electrons. The number of phenols is 2. The lowest BCUT2D eigenvalue weighted by atomic mass is 9.90. The fourth-order valence-corrected chi connectivity index (χ4v) is 3.59. The first-order chi connectivity index (χ1) is 12.7. The Bertz CT molecular complexity index is 1150. The number of rotatable bonds is 1. The Hall–Kier alpha value is -3.53. The largest absolute Gasteiger partial charge is 0.508 e. The summed E-state index contributed by atoms with van der Waals surface area (Å²) in [5.41, 5.74) is 4.61. The number of pyridine rings is 1. The third-order valence-corrected chi connectivity index (χ3v) is 4.75. The molecule has 3 aromatic carbocycles. The van der Waals surface area contributed by atoms with Crippen LogP contribution < -0.4 is 4.74 Å². The number of hydrogen-bond donors (Lipinski definition) is 2. The standard InChI is InChI=1S/C22H15NO3/c24-15-6-7-17-14(9-15)12-26-22-19(17)10-13-4-5-16(25)11-18(13)21(22)20-3-1-2-8-23-20/h1-11,24-25H,12H2. The number of nitrogens with zero attached hydrogens (tertiary/aromatic N) is 1. The van der Waals surface area contributed by atoms with Crippen LogP contribution in [0, 0.1) is 0 Å². The first-order valence-electron chi connectivity index (χ1n) is 8.37. The molecule has 0 fully saturated rings. The van der Waals surface area contributed by atoms with Gasteiger partial charge in [-0.3, -0.25) is 4.98 Å². The molecule has 2 N–H and O–H groups in total. The second-order valence-electron chi connectivity index (χ2n) is 6.38. The van der Waals surface area contributed by atoms with Crippen molar-refractivity contribution in [3.05, 3.63) is 72.4 Å². The highest BCUT2D eigenvalue weighted by Gasteiger charge is 2.24. The van der Waals surface area contributed by atoms with Gasteiger partial charge in [-0.15, -0.1) is 0 Å². The molecule has 0 unspecified atom stereocenters. The molecule has 5 rings (SSSR count). The highest BCUT2D eigenvalue weighted by atomic mass is 16.5. The van der Waals surface area contributed by atoms with Crippen molar-refractivity contribution in [1.82, 2.24) is 4.98 Å². The molecular formula is C22H15NO3. The smallest absolute Gasteiger partial charge is 0.137 e. The van der Waals surface area contributed by atoms with Crippen molar-refractivity contribution in [2.24, 2.45) is 0 Å². The normalized spacial score (nSPS) is 12.3. The van der Waals surface area contributed by atoms with Crippen molar-refractivity contribution in [1.29, 1.82) is 0 Å². The third kappa shape index (κ3) is 2.19. The summed E-state index contributed by atoms with van der Waals surface area (Å²) in [6, 6.07) is 18.5. The molecule has 26 heavy (non-hydrogen) atoms. The maximum atomic E-state index is 10.0. The van der Waals surface area contributed by atoms with E-state index in [1.807, 2.05) is 30.3 Å². The maximum absolute atomic E-state index is 10.0. The van der Waals surface area contributed by atoms with Gasteiger partial charge in [-0.1, -0.05) is 18.2 Å². The van der Waals surface area contributed by atoms with Crippen LogP contribution >= 0.6 is 0 Å². The summed E-state index contributed by atoms with van der Waals surface area (Å²) < 4.78 is 6.11. The minimum absolute atomic E-state index is 0.204. The average Bonchev–Trinajstić information content (AvgIpc) is 2.66. The second-order valence-corrected chi connectivity index (χ2v) is 6.38. The van der Waals surface area contributed by atoms with Gasteiger partial charge < -0.3 is 14.9 Å². The van der Waals surface area contributed by atoms with Crippen LogP contribution in [0.4, 0.5) is 0 Å². The van der Waals surface area contributed by atoms with Crippen molar-refractivity contribution >= 4 is 10.8 Å². The van der Waals surface area contributed by atoms with Crippen molar-refractivity contribution in [3.8, 4) is 39.6 Å². The first-order valence-corrected chi connectivity index (χ1v) is 8.37. The van der Waals surface area contributed by atoms with Gasteiger partial charge in [0.15, 0.2) is 0 Å². The van der Waals surface area contributed by atoms with Gasteiger partial charge >= 0.3 is 0 Å². The van der Waals surface area contributed by atoms with Crippen LogP contribution in [0.1, 0.15) is 5.56 Å². The number of aromatic hydroxyl groups is 2. The average molecular weight is 341 g/mol. The molecule has 0 amide bonds. The van der Waals surface area contributed by atoms with Gasteiger partial charge in [0.25, 0.3) is 0 Å². The summed E-state index contributed by atoms with van der Waals surface area (Å²) in [5.74, 6) is 1.18. The van der Waals surface area contributed by atoms with Crippen molar-refractivity contribution in [3.63, 3.8) is 0 Å². The predicted molar refractivity (Wildman–Crippen MR) is 100 cm³/mol. The molecule has 4 aromatic rings. The number of benzene rings is 3. The molecule has 2 heterocycles. The summed E-state index contributed by atoms with van der Waals surface area (Å²) in [5, 5.41) is 21.7. The van der Waals surface area contributed by atoms with Crippen LogP contribution in [0.25, 0.3) is 33.2 Å². The second kappa shape index (κ2) is 5.49. The van der Waals surface area contributed by atoms with Crippen molar-refractivity contribution in [2.45, 2.75) is 6.61 Å². The summed E-state index contributed by atoms with van der Waals surface area (Å²) >= 11 is 0. The monoisotopic (exact) mass is 341 g/mol. The topological polar surface area (TPSA) is 62.6 Å². The van der Waals surface area contributed by atoms with Crippen molar-refractivity contribution in [2.75, 3.05) is 0 Å². The van der Waals surface area contributed by atoms with Gasteiger partial charge in [0, 0.05) is 17.3 Å². The van der Waals surface area contributed by atoms with Crippen LogP contribution in [-0.4, -0.2) is 15.2 Å². The Balaban J connectivity index is 1.90. The summed E-state index contributed by atoms with van der Waals surface area (Å²) in [6.45, 7) is 0.376. The van der Waals surface area contributed by atoms with Gasteiger partial charge in [0.1, 0.15) is 23.9 Å². The minimum atomic E-state index is 0.204. The molecule has 0 aliphatic carbocycles. The Morgan fingerprint density at radius 1 is 0.846 bits per heavy atom. The van der Waals surface area contributed by atoms with Crippen molar-refractivity contribution < 1.29 is 14.9 Å². The highest BCUT2D eigenvalue weighted by molar-refractivity contribution is 6.05. The third-order valence-electron chi connectivity index (χ3n) is 4.75. The molecule has 1 aliphatic heterocycles. The minimum Gasteiger partial charge on any atom is -0.508 e. The van der Waals surface area contributed by atoms with Crippen LogP contribution in [0.15, 0.2) is 66.9 Å². The molecule has 4 nitrogen and oxygen atoms in total. The first kappa shape index (κ1) is 14.8. The zero-order valence-electron chi connectivity index (χ0n) is 13.8. The van der Waals surface area contributed by atoms with Crippen LogP contribution in [-0.2, 0) is 6.61 Å². The molecular weight excluding hydrogens is 326 g/mol. The van der Waals surface area contributed by atoms with Crippen LogP contribution in [0.3, 0.4) is 0 Å². The van der Waals surface area contributed by atoms with Crippen LogP contribution in [0.5, 0.6) is 17.2 Å². The van der Waals surface area contributed by atoms with Gasteiger partial charge in [0.2, 0.25) is 0 Å². The van der Waals surface area contributed by atoms with E-state index in [0.29, 0.717) is 6.61 Å². The van der Waals surface area contributed by atoms with Gasteiger partial charge in [-0.05, 0) is 58.8 Å². The molecule has 0 spiro atoms. The van der Waals surface area contributed by atoms with Gasteiger partial charge in [0.05, 0.1) is 11.3 Å². The molecule has 0 saturated heterocycles. The highest BCUT2D eigenvalue weighted by Crippen LogP contribution is 2.48. The molecule has 0 atom stereocenters. The molecule has 1 aliphatic rings. The quantitative estimate of drug-likeness (QED) is 0.518. The van der Waals surface area contributed by atoms with Gasteiger partial charge in [-0.2, -0.15) is 0 Å². The lowest BCUT2D eigenvalue weighted by molar-refractivity contribution is 0.303. The summed E-state index contributed by atoms with van der Waals surface area (Å²) in [6.07, 6.45) is 1.75. The SMILES string of the molecule is Oc1ccc2c(c1)COc1c-2cc2ccc(O)cc2c1-c1ccccn1. The lowest BCUT2D eigenvalue weighted by Crippen LogP contribution is -2.07. The molecule has 0 radical (unpaired) electrons. The summed E-state index contributed by atoms with van der Waals surface area (Å²) in [7, 11) is 0. The molecule has 0 bridgehead atoms. The number of phenolic OH excluding ortho intramolecular Hbond substituents is 2. The van der Waals surface area contributed by atoms with Crippen LogP contribution in [0.2, 0.25) is 0 Å². The van der Waals surface area contributed by atoms with E-state index >= 15 is 0 Å². The Morgan fingerprint density at radius 3 is 2.54 bits per heavy atom. The Labute approximate surface area is 150 Å². The number of aromatic nitrogens is 1. The Kier molecular flexibility index (Phi) is 3.12. The van der Waals surface area contributed by atoms with E-state index in [-0.39, 0.29) is 11.5 Å². The van der Waals surface area contributed by atoms with E-state index in [4.69, 9.17) is 4.74 Å². The summed E-state index contributed by atoms with van der Waals surface area (Å²) in [4.78, 5) is 4.51. The number of hydrogen-bond acceptors (Lipinski definition) is 4. The maximum Gasteiger partial charge on any atom is 0.137 e. The van der Waals surface area contributed by atoms with Gasteiger partial charge in [-0.25, -0.2) is 0 Å². The van der Waals surface area contributed by atoms with E-state index in [2.05, 4.69) is 11.1 Å². The van der Waals surface area contributed by atoms with E-state index in [1.165, 1.54) is 0 Å². The van der Waals surface area contributed by atoms with E-state index in [9.17, 15) is 10.2 Å². The van der Waals surface area contributed by atoms with E-state index < -0.39 is 0 Å². The van der Waals surface area contributed by atoms with E-state index in [0.717, 1.165) is 44.5 Å². The zero-order chi connectivity index (χ0) is 17.7. The van der Waals surface area contributed by atoms with E-state index in [1.54, 1.807) is 30.5 Å². The molecule has 0 saturated carbocycles.